The Morgan fingerprint density at radius 1 is 1.19 bits per heavy atom. The fraction of sp³-hybridized carbons (Fsp3) is 0.167. The number of alkyl halides is 3. The molecule has 0 fully saturated rings. The third-order valence-electron chi connectivity index (χ3n) is 4.16. The summed E-state index contributed by atoms with van der Waals surface area (Å²) in [6.45, 7) is 1.65. The first-order valence-electron chi connectivity index (χ1n) is 8.40. The van der Waals surface area contributed by atoms with Gasteiger partial charge in [0.05, 0.1) is 22.5 Å². The van der Waals surface area contributed by atoms with E-state index >= 15 is 0 Å². The molecule has 3 heterocycles. The zero-order chi connectivity index (χ0) is 23.1. The summed E-state index contributed by atoms with van der Waals surface area (Å²) in [5.74, 6) is -5.09. The average molecular weight is 442 g/mol. The smallest absolute Gasteiger partial charge is 0.475 e. The van der Waals surface area contributed by atoms with E-state index in [9.17, 15) is 31.5 Å². The van der Waals surface area contributed by atoms with Crippen LogP contribution in [0.4, 0.5) is 22.0 Å². The Balaban J connectivity index is 0.000000339. The van der Waals surface area contributed by atoms with Gasteiger partial charge in [-0.2, -0.15) is 13.2 Å². The molecule has 0 spiro atoms. The van der Waals surface area contributed by atoms with Crippen molar-refractivity contribution < 1.29 is 36.6 Å². The third-order valence-corrected chi connectivity index (χ3v) is 4.16. The minimum absolute atomic E-state index is 0.0191. The molecule has 0 saturated carbocycles. The number of rotatable bonds is 0. The molecule has 0 saturated heterocycles. The van der Waals surface area contributed by atoms with E-state index in [0.717, 1.165) is 16.7 Å². The number of nitrogens with zero attached hydrogens (tertiary/aromatic N) is 3. The molecule has 13 heteroatoms. The molecule has 1 aromatic carbocycles. The fourth-order valence-corrected chi connectivity index (χ4v) is 2.78. The minimum atomic E-state index is -5.08. The number of carbonyl (C=O) groups excluding carboxylic acids is 1. The Hall–Kier alpha value is -3.90. The van der Waals surface area contributed by atoms with Crippen LogP contribution in [0.3, 0.4) is 0 Å². The molecule has 4 rings (SSSR count). The standard InChI is InChI=1S/C16H10F2N4O2.C2HF3O2/c1-7-13-21-12-6-11(18)10(17)5-9(12)16(24)22(13)14-8(15(23)20-7)3-2-4-19-14;3-2(4,5)1(6)7/h2-7H,1H3,(H,20,23);(H,6,7). The zero-order valence-corrected chi connectivity index (χ0v) is 15.4. The highest BCUT2D eigenvalue weighted by molar-refractivity contribution is 5.98. The predicted octanol–water partition coefficient (Wildman–Crippen LogP) is 2.50. The molecule has 1 unspecified atom stereocenters. The molecule has 0 bridgehead atoms. The van der Waals surface area contributed by atoms with E-state index in [1.54, 1.807) is 13.0 Å². The number of nitrogens with one attached hydrogen (secondary N) is 1. The van der Waals surface area contributed by atoms with Crippen molar-refractivity contribution >= 4 is 22.8 Å². The quantitative estimate of drug-likeness (QED) is 0.517. The first-order valence-corrected chi connectivity index (χ1v) is 8.40. The maximum absolute atomic E-state index is 13.5. The van der Waals surface area contributed by atoms with Crippen LogP contribution in [0.25, 0.3) is 16.7 Å². The summed E-state index contributed by atoms with van der Waals surface area (Å²) in [6.07, 6.45) is -3.65. The summed E-state index contributed by atoms with van der Waals surface area (Å²) in [5.41, 5.74) is -0.392. The molecule has 2 aromatic heterocycles. The number of carboxylic acid groups (broad SMARTS) is 1. The van der Waals surface area contributed by atoms with E-state index < -0.39 is 41.3 Å². The highest BCUT2D eigenvalue weighted by Gasteiger charge is 2.38. The summed E-state index contributed by atoms with van der Waals surface area (Å²) >= 11 is 0. The molecule has 1 atom stereocenters. The first kappa shape index (κ1) is 21.8. The molecular formula is C18H11F5N4O4. The monoisotopic (exact) mass is 442 g/mol. The highest BCUT2D eigenvalue weighted by Crippen LogP contribution is 2.23. The number of fused-ring (bicyclic) bond motifs is 4. The number of benzene rings is 1. The lowest BCUT2D eigenvalue weighted by Gasteiger charge is -2.14. The van der Waals surface area contributed by atoms with Crippen LogP contribution >= 0.6 is 0 Å². The number of halogens is 5. The third kappa shape index (κ3) is 4.06. The van der Waals surface area contributed by atoms with Crippen molar-refractivity contribution in [3.05, 3.63) is 63.8 Å². The van der Waals surface area contributed by atoms with Crippen LogP contribution in [0.5, 0.6) is 0 Å². The van der Waals surface area contributed by atoms with Crippen LogP contribution < -0.4 is 10.9 Å². The molecule has 2 N–H and O–H groups in total. The second kappa shape index (κ2) is 7.74. The van der Waals surface area contributed by atoms with Crippen LogP contribution in [0.15, 0.2) is 35.3 Å². The van der Waals surface area contributed by atoms with Crippen molar-refractivity contribution in [2.24, 2.45) is 0 Å². The van der Waals surface area contributed by atoms with Crippen molar-refractivity contribution in [2.45, 2.75) is 19.1 Å². The van der Waals surface area contributed by atoms with E-state index in [4.69, 9.17) is 9.90 Å². The lowest BCUT2D eigenvalue weighted by molar-refractivity contribution is -0.192. The van der Waals surface area contributed by atoms with Gasteiger partial charge in [-0.05, 0) is 25.1 Å². The Morgan fingerprint density at radius 2 is 1.81 bits per heavy atom. The molecule has 1 amide bonds. The molecule has 0 aliphatic carbocycles. The van der Waals surface area contributed by atoms with E-state index in [1.807, 2.05) is 0 Å². The average Bonchev–Trinajstić information content (AvgIpc) is 2.79. The van der Waals surface area contributed by atoms with Crippen molar-refractivity contribution in [3.63, 3.8) is 0 Å². The highest BCUT2D eigenvalue weighted by atomic mass is 19.4. The molecule has 31 heavy (non-hydrogen) atoms. The SMILES string of the molecule is CC1NC(=O)c2cccnc2-n2c1nc1cc(F)c(F)cc1c2=O.O=C(O)C(F)(F)F. The van der Waals surface area contributed by atoms with E-state index in [1.165, 1.54) is 12.3 Å². The van der Waals surface area contributed by atoms with Crippen molar-refractivity contribution in [1.82, 2.24) is 19.9 Å². The molecule has 162 valence electrons. The van der Waals surface area contributed by atoms with Crippen LogP contribution in [-0.2, 0) is 4.79 Å². The molecule has 0 radical (unpaired) electrons. The lowest BCUT2D eigenvalue weighted by Crippen LogP contribution is -2.29. The summed E-state index contributed by atoms with van der Waals surface area (Å²) < 4.78 is 59.9. The maximum atomic E-state index is 13.5. The summed E-state index contributed by atoms with van der Waals surface area (Å²) in [5, 5.41) is 9.74. The van der Waals surface area contributed by atoms with Crippen LogP contribution in [0.2, 0.25) is 0 Å². The number of amides is 1. The molecule has 8 nitrogen and oxygen atoms in total. The predicted molar refractivity (Wildman–Crippen MR) is 94.6 cm³/mol. The molecular weight excluding hydrogens is 431 g/mol. The van der Waals surface area contributed by atoms with Gasteiger partial charge in [0, 0.05) is 12.3 Å². The van der Waals surface area contributed by atoms with Gasteiger partial charge >= 0.3 is 12.1 Å². The summed E-state index contributed by atoms with van der Waals surface area (Å²) in [7, 11) is 0. The van der Waals surface area contributed by atoms with Gasteiger partial charge < -0.3 is 10.4 Å². The number of hydrogen-bond acceptors (Lipinski definition) is 5. The van der Waals surface area contributed by atoms with E-state index in [2.05, 4.69) is 15.3 Å². The molecule has 1 aliphatic rings. The van der Waals surface area contributed by atoms with E-state index in [0.29, 0.717) is 0 Å². The first-order chi connectivity index (χ1) is 14.4. The molecule has 3 aromatic rings. The zero-order valence-electron chi connectivity index (χ0n) is 15.4. The van der Waals surface area contributed by atoms with Gasteiger partial charge in [0.1, 0.15) is 5.82 Å². The summed E-state index contributed by atoms with van der Waals surface area (Å²) in [6, 6.07) is 4.16. The number of carboxylic acids is 1. The number of aromatic nitrogens is 3. The van der Waals surface area contributed by atoms with Crippen molar-refractivity contribution in [2.75, 3.05) is 0 Å². The van der Waals surface area contributed by atoms with Crippen LogP contribution in [-0.4, -0.2) is 37.7 Å². The van der Waals surface area contributed by atoms with E-state index in [-0.39, 0.29) is 28.1 Å². The lowest BCUT2D eigenvalue weighted by atomic mass is 10.2. The number of carbonyl (C=O) groups is 2. The van der Waals surface area contributed by atoms with Gasteiger partial charge in [0.25, 0.3) is 11.5 Å². The van der Waals surface area contributed by atoms with Gasteiger partial charge in [-0.1, -0.05) is 0 Å². The largest absolute Gasteiger partial charge is 0.490 e. The van der Waals surface area contributed by atoms with Gasteiger partial charge in [-0.3, -0.25) is 9.59 Å². The number of pyridine rings is 1. The number of aliphatic carboxylic acids is 1. The maximum Gasteiger partial charge on any atom is 0.490 e. The topological polar surface area (TPSA) is 114 Å². The normalized spacial score (nSPS) is 15.2. The van der Waals surface area contributed by atoms with Crippen LogP contribution in [0, 0.1) is 11.6 Å². The summed E-state index contributed by atoms with van der Waals surface area (Å²) in [4.78, 5) is 42.4. The molecule has 1 aliphatic heterocycles. The second-order valence-corrected chi connectivity index (χ2v) is 6.27. The Morgan fingerprint density at radius 3 is 2.42 bits per heavy atom. The number of hydrogen-bond donors (Lipinski definition) is 2. The van der Waals surface area contributed by atoms with Gasteiger partial charge in [-0.15, -0.1) is 0 Å². The van der Waals surface area contributed by atoms with Gasteiger partial charge in [-0.25, -0.2) is 28.1 Å². The van der Waals surface area contributed by atoms with Crippen molar-refractivity contribution in [3.8, 4) is 5.82 Å². The Kier molecular flexibility index (Phi) is 5.44. The minimum Gasteiger partial charge on any atom is -0.475 e. The van der Waals surface area contributed by atoms with Crippen LogP contribution in [0.1, 0.15) is 29.1 Å². The van der Waals surface area contributed by atoms with Crippen molar-refractivity contribution in [1.29, 1.82) is 0 Å². The Bertz CT molecular complexity index is 1270. The fourth-order valence-electron chi connectivity index (χ4n) is 2.78. The second-order valence-electron chi connectivity index (χ2n) is 6.27. The van der Waals surface area contributed by atoms with Gasteiger partial charge in [0.2, 0.25) is 0 Å². The van der Waals surface area contributed by atoms with Gasteiger partial charge in [0.15, 0.2) is 17.5 Å². The Labute approximate surface area is 169 Å².